The van der Waals surface area contributed by atoms with Crippen molar-refractivity contribution in [1.29, 1.82) is 0 Å². The molecule has 0 fully saturated rings. The highest BCUT2D eigenvalue weighted by molar-refractivity contribution is 7.86. The Labute approximate surface area is 109 Å². The number of aliphatic carboxylic acids is 2. The molecule has 0 aliphatic carbocycles. The van der Waals surface area contributed by atoms with Crippen LogP contribution in [0.25, 0.3) is 0 Å². The summed E-state index contributed by atoms with van der Waals surface area (Å²) in [6.07, 6.45) is -0.978. The van der Waals surface area contributed by atoms with Crippen LogP contribution in [0.2, 0.25) is 0 Å². The lowest BCUT2D eigenvalue weighted by Crippen LogP contribution is -2.42. The molecule has 1 rings (SSSR count). The van der Waals surface area contributed by atoms with Gasteiger partial charge in [0.2, 0.25) is 0 Å². The molecule has 0 heterocycles. The molecule has 0 amide bonds. The first-order valence-electron chi connectivity index (χ1n) is 5.13. The molecule has 1 atom stereocenters. The van der Waals surface area contributed by atoms with E-state index in [-0.39, 0.29) is 4.90 Å². The average Bonchev–Trinajstić information content (AvgIpc) is 2.28. The fourth-order valence-corrected chi connectivity index (χ4v) is 2.51. The highest BCUT2D eigenvalue weighted by atomic mass is 32.2. The third-order valence-electron chi connectivity index (χ3n) is 2.27. The van der Waals surface area contributed by atoms with Crippen LogP contribution in [0.4, 0.5) is 0 Å². The fraction of sp³-hybridized carbons (Fsp3) is 0.273. The largest absolute Gasteiger partial charge is 0.481 e. The predicted octanol–water partition coefficient (Wildman–Crippen LogP) is 0.710. The monoisotopic (exact) mass is 288 g/mol. The number of carbonyl (C=O) groups is 2. The smallest absolute Gasteiger partial charge is 0.337 e. The van der Waals surface area contributed by atoms with Gasteiger partial charge in [0.15, 0.2) is 5.60 Å². The van der Waals surface area contributed by atoms with Gasteiger partial charge in [-0.15, -0.1) is 0 Å². The Morgan fingerprint density at radius 2 is 1.74 bits per heavy atom. The van der Waals surface area contributed by atoms with E-state index >= 15 is 0 Å². The number of hydrogen-bond acceptors (Lipinski definition) is 5. The van der Waals surface area contributed by atoms with Crippen molar-refractivity contribution in [2.75, 3.05) is 0 Å². The summed E-state index contributed by atoms with van der Waals surface area (Å²) in [5, 5.41) is 17.6. The van der Waals surface area contributed by atoms with Crippen molar-refractivity contribution < 1.29 is 32.4 Å². The van der Waals surface area contributed by atoms with Gasteiger partial charge in [-0.1, -0.05) is 18.2 Å². The number of benzene rings is 1. The van der Waals surface area contributed by atoms with Gasteiger partial charge < -0.3 is 10.2 Å². The molecule has 0 bridgehead atoms. The summed E-state index contributed by atoms with van der Waals surface area (Å²) in [7, 11) is -4.35. The molecule has 0 aliphatic heterocycles. The Kier molecular flexibility index (Phi) is 4.28. The summed E-state index contributed by atoms with van der Waals surface area (Å²) in [5.74, 6) is -3.15. The zero-order chi connectivity index (χ0) is 14.7. The number of carboxylic acids is 2. The molecular weight excluding hydrogens is 276 g/mol. The lowest BCUT2D eigenvalue weighted by atomic mass is 10.0. The van der Waals surface area contributed by atoms with E-state index in [4.69, 9.17) is 10.2 Å². The summed E-state index contributed by atoms with van der Waals surface area (Å²) in [6, 6.07) is 6.89. The summed E-state index contributed by atoms with van der Waals surface area (Å²) >= 11 is 0. The summed E-state index contributed by atoms with van der Waals surface area (Å²) in [4.78, 5) is 21.4. The molecule has 0 saturated carbocycles. The average molecular weight is 288 g/mol. The minimum atomic E-state index is -4.35. The first kappa shape index (κ1) is 15.1. The van der Waals surface area contributed by atoms with Gasteiger partial charge in [-0.25, -0.2) is 8.98 Å². The normalized spacial score (nSPS) is 14.6. The van der Waals surface area contributed by atoms with E-state index in [2.05, 4.69) is 4.18 Å². The second-order valence-corrected chi connectivity index (χ2v) is 5.50. The Hall–Kier alpha value is -1.93. The van der Waals surface area contributed by atoms with E-state index in [1.807, 2.05) is 0 Å². The fourth-order valence-electron chi connectivity index (χ4n) is 1.31. The molecule has 2 N–H and O–H groups in total. The Morgan fingerprint density at radius 3 is 2.16 bits per heavy atom. The van der Waals surface area contributed by atoms with Crippen LogP contribution in [-0.4, -0.2) is 36.2 Å². The van der Waals surface area contributed by atoms with E-state index in [0.29, 0.717) is 0 Å². The van der Waals surface area contributed by atoms with Gasteiger partial charge >= 0.3 is 11.9 Å². The third-order valence-corrected chi connectivity index (χ3v) is 3.70. The van der Waals surface area contributed by atoms with Crippen molar-refractivity contribution in [2.45, 2.75) is 23.8 Å². The van der Waals surface area contributed by atoms with E-state index in [1.54, 1.807) is 6.07 Å². The molecule has 7 nitrogen and oxygen atoms in total. The number of carboxylic acid groups (broad SMARTS) is 2. The maximum absolute atomic E-state index is 11.9. The van der Waals surface area contributed by atoms with Gasteiger partial charge in [0, 0.05) is 0 Å². The number of hydrogen-bond donors (Lipinski definition) is 2. The van der Waals surface area contributed by atoms with E-state index in [9.17, 15) is 18.0 Å². The van der Waals surface area contributed by atoms with Gasteiger partial charge in [-0.05, 0) is 19.1 Å². The van der Waals surface area contributed by atoms with Crippen LogP contribution >= 0.6 is 0 Å². The van der Waals surface area contributed by atoms with Crippen molar-refractivity contribution >= 4 is 22.1 Å². The van der Waals surface area contributed by atoms with Crippen LogP contribution in [0.5, 0.6) is 0 Å². The van der Waals surface area contributed by atoms with Crippen molar-refractivity contribution in [2.24, 2.45) is 0 Å². The molecule has 1 aromatic rings. The maximum atomic E-state index is 11.9. The summed E-state index contributed by atoms with van der Waals surface area (Å²) in [5.41, 5.74) is -2.36. The molecule has 1 unspecified atom stereocenters. The predicted molar refractivity (Wildman–Crippen MR) is 63.0 cm³/mol. The van der Waals surface area contributed by atoms with Crippen LogP contribution in [0, 0.1) is 0 Å². The Morgan fingerprint density at radius 1 is 1.21 bits per heavy atom. The molecule has 0 aromatic heterocycles. The van der Waals surface area contributed by atoms with Crippen LogP contribution in [0.3, 0.4) is 0 Å². The van der Waals surface area contributed by atoms with Crippen LogP contribution in [-0.2, 0) is 23.9 Å². The van der Waals surface area contributed by atoms with E-state index in [1.165, 1.54) is 24.3 Å². The Balaban J connectivity index is 3.10. The van der Waals surface area contributed by atoms with Gasteiger partial charge in [0.25, 0.3) is 10.1 Å². The van der Waals surface area contributed by atoms with Crippen molar-refractivity contribution in [3.05, 3.63) is 30.3 Å². The highest BCUT2D eigenvalue weighted by Gasteiger charge is 2.42. The van der Waals surface area contributed by atoms with E-state index in [0.717, 1.165) is 6.92 Å². The van der Waals surface area contributed by atoms with Crippen LogP contribution in [0.15, 0.2) is 35.2 Å². The zero-order valence-corrected chi connectivity index (χ0v) is 10.8. The van der Waals surface area contributed by atoms with Gasteiger partial charge in [-0.3, -0.25) is 4.79 Å². The third kappa shape index (κ3) is 3.76. The van der Waals surface area contributed by atoms with Crippen LogP contribution < -0.4 is 0 Å². The molecule has 0 radical (unpaired) electrons. The van der Waals surface area contributed by atoms with Gasteiger partial charge in [0.05, 0.1) is 11.3 Å². The van der Waals surface area contributed by atoms with Crippen molar-refractivity contribution in [3.8, 4) is 0 Å². The molecule has 19 heavy (non-hydrogen) atoms. The van der Waals surface area contributed by atoms with Gasteiger partial charge in [0.1, 0.15) is 0 Å². The zero-order valence-electron chi connectivity index (χ0n) is 9.94. The molecule has 0 aliphatic rings. The first-order valence-corrected chi connectivity index (χ1v) is 6.54. The SMILES string of the molecule is CC(CC(=O)O)(OS(=O)(=O)c1ccccc1)C(=O)O. The van der Waals surface area contributed by atoms with Crippen molar-refractivity contribution in [1.82, 2.24) is 0 Å². The van der Waals surface area contributed by atoms with Crippen molar-refractivity contribution in [3.63, 3.8) is 0 Å². The quantitative estimate of drug-likeness (QED) is 0.740. The number of rotatable bonds is 6. The second kappa shape index (κ2) is 5.37. The highest BCUT2D eigenvalue weighted by Crippen LogP contribution is 2.23. The van der Waals surface area contributed by atoms with Crippen LogP contribution in [0.1, 0.15) is 13.3 Å². The lowest BCUT2D eigenvalue weighted by Gasteiger charge is -2.22. The molecule has 1 aromatic carbocycles. The second-order valence-electron chi connectivity index (χ2n) is 3.96. The minimum absolute atomic E-state index is 0.243. The van der Waals surface area contributed by atoms with E-state index < -0.39 is 34.1 Å². The first-order chi connectivity index (χ1) is 8.67. The van der Waals surface area contributed by atoms with Gasteiger partial charge in [-0.2, -0.15) is 8.42 Å². The molecule has 8 heteroatoms. The molecule has 0 spiro atoms. The standard InChI is InChI=1S/C11H12O7S/c1-11(10(14)15,7-9(12)13)18-19(16,17)8-5-3-2-4-6-8/h2-6H,7H2,1H3,(H,12,13)(H,14,15). The molecular formula is C11H12O7S. The topological polar surface area (TPSA) is 118 Å². The lowest BCUT2D eigenvalue weighted by molar-refractivity contribution is -0.160. The minimum Gasteiger partial charge on any atom is -0.481 e. The Bertz CT molecular complexity index is 578. The summed E-state index contributed by atoms with van der Waals surface area (Å²) < 4.78 is 28.3. The molecule has 104 valence electrons. The summed E-state index contributed by atoms with van der Waals surface area (Å²) in [6.45, 7) is 0.893. The maximum Gasteiger partial charge on any atom is 0.337 e. The molecule has 0 saturated heterocycles.